The minimum Gasteiger partial charge on any atom is -0.293 e. The van der Waals surface area contributed by atoms with E-state index in [0.717, 1.165) is 40.7 Å². The number of thiophene rings is 1. The Hall–Kier alpha value is -3.23. The molecule has 0 aliphatic heterocycles. The maximum atomic E-state index is 14.0. The molecule has 6 nitrogen and oxygen atoms in total. The number of nitrogens with zero attached hydrogens (tertiary/aromatic N) is 4. The molecule has 3 heterocycles. The maximum Gasteiger partial charge on any atom is 0.268 e. The summed E-state index contributed by atoms with van der Waals surface area (Å²) in [6, 6.07) is 17.2. The molecular formula is C27H24N4O2S2. The second-order valence-electron chi connectivity index (χ2n) is 9.08. The summed E-state index contributed by atoms with van der Waals surface area (Å²) in [7, 11) is 0. The lowest BCUT2D eigenvalue weighted by Crippen LogP contribution is -2.22. The lowest BCUT2D eigenvalue weighted by atomic mass is 9.88. The number of carbonyl (C=O) groups excluding carboxylic acids is 1. The van der Waals surface area contributed by atoms with Gasteiger partial charge in [-0.25, -0.2) is 8.97 Å². The summed E-state index contributed by atoms with van der Waals surface area (Å²) < 4.78 is 3.65. The van der Waals surface area contributed by atoms with Gasteiger partial charge in [0.2, 0.25) is 5.78 Å². The van der Waals surface area contributed by atoms with E-state index in [1.54, 1.807) is 15.9 Å². The summed E-state index contributed by atoms with van der Waals surface area (Å²) in [5, 5.41) is 10.3. The zero-order valence-electron chi connectivity index (χ0n) is 19.5. The van der Waals surface area contributed by atoms with Crippen molar-refractivity contribution in [2.24, 2.45) is 0 Å². The van der Waals surface area contributed by atoms with Gasteiger partial charge in [-0.05, 0) is 49.8 Å². The van der Waals surface area contributed by atoms with Crippen molar-refractivity contribution in [3.63, 3.8) is 0 Å². The number of hydrogen-bond acceptors (Lipinski definition) is 6. The Morgan fingerprint density at radius 3 is 2.66 bits per heavy atom. The first kappa shape index (κ1) is 22.2. The first-order valence-corrected chi connectivity index (χ1v) is 13.6. The quantitative estimate of drug-likeness (QED) is 0.225. The van der Waals surface area contributed by atoms with Crippen LogP contribution in [-0.4, -0.2) is 30.7 Å². The van der Waals surface area contributed by atoms with Crippen molar-refractivity contribution in [3.8, 4) is 5.69 Å². The van der Waals surface area contributed by atoms with Crippen LogP contribution < -0.4 is 5.56 Å². The third kappa shape index (κ3) is 3.72. The van der Waals surface area contributed by atoms with Gasteiger partial charge in [-0.1, -0.05) is 66.7 Å². The van der Waals surface area contributed by atoms with Crippen molar-refractivity contribution in [1.29, 1.82) is 0 Å². The van der Waals surface area contributed by atoms with Gasteiger partial charge in [0.05, 0.1) is 16.8 Å². The van der Waals surface area contributed by atoms with Crippen LogP contribution in [0.2, 0.25) is 0 Å². The number of Topliss-reactive ketones (excluding diaryl/α,β-unsaturated/α-hetero) is 1. The van der Waals surface area contributed by atoms with Gasteiger partial charge in [-0.3, -0.25) is 9.59 Å². The summed E-state index contributed by atoms with van der Waals surface area (Å²) in [5.41, 5.74) is 3.69. The molecule has 2 aromatic carbocycles. The van der Waals surface area contributed by atoms with Gasteiger partial charge in [0, 0.05) is 10.4 Å². The fraction of sp³-hybridized carbons (Fsp3) is 0.259. The molecule has 6 rings (SSSR count). The van der Waals surface area contributed by atoms with E-state index in [1.807, 2.05) is 65.9 Å². The van der Waals surface area contributed by atoms with Crippen LogP contribution >= 0.6 is 23.1 Å². The highest BCUT2D eigenvalue weighted by Gasteiger charge is 2.28. The summed E-state index contributed by atoms with van der Waals surface area (Å²) >= 11 is 3.04. The van der Waals surface area contributed by atoms with E-state index >= 15 is 0 Å². The van der Waals surface area contributed by atoms with E-state index in [9.17, 15) is 9.59 Å². The second kappa shape index (κ2) is 8.77. The van der Waals surface area contributed by atoms with Crippen molar-refractivity contribution in [2.75, 3.05) is 5.75 Å². The zero-order valence-corrected chi connectivity index (χ0v) is 21.2. The summed E-state index contributed by atoms with van der Waals surface area (Å²) in [6.07, 6.45) is 3.20. The molecule has 0 saturated heterocycles. The van der Waals surface area contributed by atoms with Crippen LogP contribution in [0.15, 0.2) is 64.5 Å². The fourth-order valence-corrected chi connectivity index (χ4v) is 7.24. The van der Waals surface area contributed by atoms with E-state index < -0.39 is 0 Å². The smallest absolute Gasteiger partial charge is 0.268 e. The van der Waals surface area contributed by atoms with Crippen molar-refractivity contribution < 1.29 is 4.79 Å². The molecule has 176 valence electrons. The number of aromatic nitrogens is 4. The number of carbonyl (C=O) groups is 1. The topological polar surface area (TPSA) is 69.3 Å². The predicted octanol–water partition coefficient (Wildman–Crippen LogP) is 5.82. The molecule has 5 aromatic rings. The van der Waals surface area contributed by atoms with E-state index in [1.165, 1.54) is 22.2 Å². The minimum absolute atomic E-state index is 0.0366. The predicted molar refractivity (Wildman–Crippen MR) is 142 cm³/mol. The van der Waals surface area contributed by atoms with Gasteiger partial charge in [0.25, 0.3) is 5.56 Å². The molecule has 0 fully saturated rings. The highest BCUT2D eigenvalue weighted by atomic mass is 32.2. The van der Waals surface area contributed by atoms with E-state index in [4.69, 9.17) is 0 Å². The standard InChI is InChI=1S/C27H24N4O2S2/c1-16-11-13-19(14-12-16)30-24(33)23-22-17(2)7-6-10-21(22)35-25(23)31-26(30)28-29-27(31)34-15-20(32)18-8-4-3-5-9-18/h3-5,8-9,11-14,17H,6-7,10,15H2,1-2H3/t17-/m1/s1. The lowest BCUT2D eigenvalue weighted by molar-refractivity contribution is 0.102. The van der Waals surface area contributed by atoms with Crippen LogP contribution in [0.25, 0.3) is 21.7 Å². The second-order valence-corrected chi connectivity index (χ2v) is 11.1. The molecule has 1 aliphatic rings. The molecule has 0 amide bonds. The Balaban J connectivity index is 1.56. The zero-order chi connectivity index (χ0) is 24.1. The van der Waals surface area contributed by atoms with Gasteiger partial charge in [0.15, 0.2) is 10.9 Å². The minimum atomic E-state index is -0.0492. The van der Waals surface area contributed by atoms with Crippen molar-refractivity contribution in [2.45, 2.75) is 44.2 Å². The van der Waals surface area contributed by atoms with Crippen LogP contribution in [-0.2, 0) is 6.42 Å². The van der Waals surface area contributed by atoms with Crippen molar-refractivity contribution >= 4 is 44.9 Å². The normalized spacial score (nSPS) is 15.5. The molecule has 0 spiro atoms. The first-order valence-electron chi connectivity index (χ1n) is 11.8. The molecule has 0 radical (unpaired) electrons. The Morgan fingerprint density at radius 1 is 1.11 bits per heavy atom. The average Bonchev–Trinajstić information content (AvgIpc) is 3.47. The molecule has 1 aliphatic carbocycles. The molecule has 35 heavy (non-hydrogen) atoms. The van der Waals surface area contributed by atoms with Crippen LogP contribution in [0, 0.1) is 6.92 Å². The number of benzene rings is 2. The van der Waals surface area contributed by atoms with Gasteiger partial charge >= 0.3 is 0 Å². The van der Waals surface area contributed by atoms with Crippen LogP contribution in [0.5, 0.6) is 0 Å². The molecule has 0 unspecified atom stereocenters. The largest absolute Gasteiger partial charge is 0.293 e. The van der Waals surface area contributed by atoms with Crippen LogP contribution in [0.3, 0.4) is 0 Å². The molecule has 3 aromatic heterocycles. The first-order chi connectivity index (χ1) is 17.0. The lowest BCUT2D eigenvalue weighted by Gasteiger charge is -2.18. The molecule has 0 N–H and O–H groups in total. The third-order valence-electron chi connectivity index (χ3n) is 6.69. The van der Waals surface area contributed by atoms with Crippen LogP contribution in [0.1, 0.15) is 52.0 Å². The van der Waals surface area contributed by atoms with E-state index in [-0.39, 0.29) is 17.1 Å². The average molecular weight is 501 g/mol. The van der Waals surface area contributed by atoms with Crippen molar-refractivity contribution in [1.82, 2.24) is 19.2 Å². The van der Waals surface area contributed by atoms with Gasteiger partial charge in [-0.15, -0.1) is 21.5 Å². The third-order valence-corrected chi connectivity index (χ3v) is 8.87. The Bertz CT molecular complexity index is 1630. The molecule has 8 heteroatoms. The monoisotopic (exact) mass is 500 g/mol. The molecule has 0 bridgehead atoms. The number of hydrogen-bond donors (Lipinski definition) is 0. The highest BCUT2D eigenvalue weighted by Crippen LogP contribution is 2.41. The SMILES string of the molecule is Cc1ccc(-n2c(=O)c3c4c(sc3n3c(SCC(=O)c5ccccc5)nnc23)CCC[C@H]4C)cc1. The number of aryl methyl sites for hydroxylation is 2. The van der Waals surface area contributed by atoms with Crippen molar-refractivity contribution in [3.05, 3.63) is 86.5 Å². The number of thioether (sulfide) groups is 1. The number of ketones is 1. The van der Waals surface area contributed by atoms with Gasteiger partial charge in [0.1, 0.15) is 4.83 Å². The molecule has 0 saturated carbocycles. The summed E-state index contributed by atoms with van der Waals surface area (Å²) in [6.45, 7) is 4.24. The summed E-state index contributed by atoms with van der Waals surface area (Å²) in [5.74, 6) is 1.09. The van der Waals surface area contributed by atoms with Gasteiger partial charge in [-0.2, -0.15) is 0 Å². The van der Waals surface area contributed by atoms with E-state index in [2.05, 4.69) is 17.1 Å². The van der Waals surface area contributed by atoms with Crippen LogP contribution in [0.4, 0.5) is 0 Å². The number of fused-ring (bicyclic) bond motifs is 5. The fourth-order valence-electron chi connectivity index (χ4n) is 4.91. The Morgan fingerprint density at radius 2 is 1.89 bits per heavy atom. The maximum absolute atomic E-state index is 14.0. The Kier molecular flexibility index (Phi) is 5.57. The number of rotatable bonds is 5. The highest BCUT2D eigenvalue weighted by molar-refractivity contribution is 7.99. The summed E-state index contributed by atoms with van der Waals surface area (Å²) in [4.78, 5) is 28.9. The molecular weight excluding hydrogens is 476 g/mol. The molecule has 1 atom stereocenters. The van der Waals surface area contributed by atoms with E-state index in [0.29, 0.717) is 22.4 Å². The van der Waals surface area contributed by atoms with Gasteiger partial charge < -0.3 is 0 Å². The Labute approximate surface area is 210 Å².